The number of benzene rings is 3. The lowest BCUT2D eigenvalue weighted by Crippen LogP contribution is -2.21. The molecule has 3 aromatic carbocycles. The first-order chi connectivity index (χ1) is 13.3. The van der Waals surface area contributed by atoms with Crippen LogP contribution in [-0.4, -0.2) is 18.0 Å². The van der Waals surface area contributed by atoms with Crippen LogP contribution in [0.4, 0.5) is 0 Å². The zero-order chi connectivity index (χ0) is 18.3. The van der Waals surface area contributed by atoms with Crippen LogP contribution in [0.15, 0.2) is 96.0 Å². The maximum Gasteiger partial charge on any atom is 0.218 e. The largest absolute Gasteiger partial charge is 0.469 e. The molecule has 3 nitrogen and oxygen atoms in total. The van der Waals surface area contributed by atoms with E-state index in [2.05, 4.69) is 43.3 Å². The van der Waals surface area contributed by atoms with Gasteiger partial charge in [0.05, 0.1) is 6.04 Å². The van der Waals surface area contributed by atoms with Crippen molar-refractivity contribution in [2.75, 3.05) is 0 Å². The van der Waals surface area contributed by atoms with Crippen molar-refractivity contribution in [2.45, 2.75) is 30.8 Å². The molecule has 0 aromatic heterocycles. The molecule has 1 fully saturated rings. The second kappa shape index (κ2) is 6.36. The molecular formula is C24H21NO2. The Balaban J connectivity index is 1.49. The normalized spacial score (nSPS) is 25.5. The Morgan fingerprint density at radius 2 is 1.26 bits per heavy atom. The summed E-state index contributed by atoms with van der Waals surface area (Å²) < 4.78 is 12.6. The quantitative estimate of drug-likeness (QED) is 0.625. The minimum absolute atomic E-state index is 0.0605. The molecule has 3 atom stereocenters. The van der Waals surface area contributed by atoms with Gasteiger partial charge in [0.25, 0.3) is 0 Å². The van der Waals surface area contributed by atoms with E-state index < -0.39 is 5.60 Å². The van der Waals surface area contributed by atoms with Crippen molar-refractivity contribution in [3.8, 4) is 0 Å². The molecule has 134 valence electrons. The number of nitrogens with zero attached hydrogens (tertiary/aromatic N) is 1. The summed E-state index contributed by atoms with van der Waals surface area (Å²) in [5.41, 5.74) is 2.88. The summed E-state index contributed by atoms with van der Waals surface area (Å²) in [4.78, 5) is 4.82. The third kappa shape index (κ3) is 2.66. The van der Waals surface area contributed by atoms with Gasteiger partial charge in [0.1, 0.15) is 6.10 Å². The van der Waals surface area contributed by atoms with Crippen molar-refractivity contribution < 1.29 is 9.47 Å². The van der Waals surface area contributed by atoms with E-state index in [0.717, 1.165) is 16.7 Å². The number of aliphatic imine (C=N–C) groups is 1. The molecule has 0 N–H and O–H groups in total. The molecule has 0 radical (unpaired) electrons. The Morgan fingerprint density at radius 3 is 1.81 bits per heavy atom. The van der Waals surface area contributed by atoms with Gasteiger partial charge in [0.2, 0.25) is 5.90 Å². The summed E-state index contributed by atoms with van der Waals surface area (Å²) in [6.45, 7) is 2.10. The first-order valence-corrected chi connectivity index (χ1v) is 9.37. The zero-order valence-corrected chi connectivity index (χ0v) is 15.2. The van der Waals surface area contributed by atoms with Crippen LogP contribution in [-0.2, 0) is 15.1 Å². The summed E-state index contributed by atoms with van der Waals surface area (Å²) in [6.07, 6.45) is -0.256. The standard InChI is InChI=1S/C24H21NO2/c1-17-21(18-11-5-2-6-12-18)26-23(25-17)22-24(27-22,19-13-7-3-8-14-19)20-15-9-4-10-16-20/h2-17,21-22H,1H3/t17-,21-,22?/m0/s1. The summed E-state index contributed by atoms with van der Waals surface area (Å²) in [7, 11) is 0. The molecule has 27 heavy (non-hydrogen) atoms. The lowest BCUT2D eigenvalue weighted by Gasteiger charge is -2.16. The van der Waals surface area contributed by atoms with E-state index in [4.69, 9.17) is 14.5 Å². The van der Waals surface area contributed by atoms with E-state index >= 15 is 0 Å². The van der Waals surface area contributed by atoms with Crippen LogP contribution in [0.25, 0.3) is 0 Å². The maximum atomic E-state index is 6.34. The fourth-order valence-corrected chi connectivity index (χ4v) is 4.00. The van der Waals surface area contributed by atoms with Crippen molar-refractivity contribution in [1.29, 1.82) is 0 Å². The Hall–Kier alpha value is -2.91. The van der Waals surface area contributed by atoms with Gasteiger partial charge in [-0.2, -0.15) is 0 Å². The summed E-state index contributed by atoms with van der Waals surface area (Å²) in [5, 5.41) is 0. The lowest BCUT2D eigenvalue weighted by atomic mass is 9.88. The van der Waals surface area contributed by atoms with Crippen molar-refractivity contribution in [3.05, 3.63) is 108 Å². The molecule has 0 spiro atoms. The minimum atomic E-state index is -0.521. The second-order valence-electron chi connectivity index (χ2n) is 7.12. The summed E-state index contributed by atoms with van der Waals surface area (Å²) in [5.74, 6) is 0.698. The molecule has 2 heterocycles. The smallest absolute Gasteiger partial charge is 0.218 e. The molecule has 0 amide bonds. The van der Waals surface area contributed by atoms with E-state index in [1.54, 1.807) is 0 Å². The number of rotatable bonds is 4. The summed E-state index contributed by atoms with van der Waals surface area (Å²) >= 11 is 0. The van der Waals surface area contributed by atoms with E-state index in [1.807, 2.05) is 54.6 Å². The second-order valence-corrected chi connectivity index (χ2v) is 7.12. The summed E-state index contributed by atoms with van der Waals surface area (Å²) in [6, 6.07) is 31.0. The van der Waals surface area contributed by atoms with Gasteiger partial charge >= 0.3 is 0 Å². The van der Waals surface area contributed by atoms with Gasteiger partial charge in [-0.15, -0.1) is 0 Å². The lowest BCUT2D eigenvalue weighted by molar-refractivity contribution is 0.192. The van der Waals surface area contributed by atoms with Crippen LogP contribution in [0, 0.1) is 0 Å². The van der Waals surface area contributed by atoms with Gasteiger partial charge in [0.15, 0.2) is 11.7 Å². The van der Waals surface area contributed by atoms with E-state index in [1.165, 1.54) is 0 Å². The number of hydrogen-bond donors (Lipinski definition) is 0. The van der Waals surface area contributed by atoms with E-state index in [0.29, 0.717) is 5.90 Å². The van der Waals surface area contributed by atoms with Crippen molar-refractivity contribution in [3.63, 3.8) is 0 Å². The Kier molecular flexibility index (Phi) is 3.83. The van der Waals surface area contributed by atoms with Crippen LogP contribution < -0.4 is 0 Å². The van der Waals surface area contributed by atoms with Crippen LogP contribution >= 0.6 is 0 Å². The Bertz CT molecular complexity index is 914. The average Bonchev–Trinajstić information content (AvgIpc) is 3.39. The molecule has 2 aliphatic heterocycles. The molecule has 0 saturated carbocycles. The van der Waals surface area contributed by atoms with Crippen molar-refractivity contribution in [2.24, 2.45) is 4.99 Å². The van der Waals surface area contributed by atoms with Crippen molar-refractivity contribution in [1.82, 2.24) is 0 Å². The van der Waals surface area contributed by atoms with Crippen molar-refractivity contribution >= 4 is 5.90 Å². The van der Waals surface area contributed by atoms with Gasteiger partial charge in [-0.1, -0.05) is 91.0 Å². The van der Waals surface area contributed by atoms with Crippen LogP contribution in [0.2, 0.25) is 0 Å². The number of epoxide rings is 1. The fourth-order valence-electron chi connectivity index (χ4n) is 4.00. The molecule has 3 heteroatoms. The van der Waals surface area contributed by atoms with E-state index in [9.17, 15) is 0 Å². The Labute approximate surface area is 159 Å². The number of hydrogen-bond acceptors (Lipinski definition) is 3. The fraction of sp³-hybridized carbons (Fsp3) is 0.208. The molecule has 2 aliphatic rings. The zero-order valence-electron chi connectivity index (χ0n) is 15.2. The minimum Gasteiger partial charge on any atom is -0.469 e. The van der Waals surface area contributed by atoms with E-state index in [-0.39, 0.29) is 18.2 Å². The highest BCUT2D eigenvalue weighted by atomic mass is 16.6. The third-order valence-electron chi connectivity index (χ3n) is 5.39. The first-order valence-electron chi connectivity index (χ1n) is 9.37. The van der Waals surface area contributed by atoms with Gasteiger partial charge in [-0.05, 0) is 23.6 Å². The van der Waals surface area contributed by atoms with Crippen LogP contribution in [0.5, 0.6) is 0 Å². The SMILES string of the molecule is C[C@@H]1N=C(C2OC2(c2ccccc2)c2ccccc2)O[C@@H]1c1ccccc1. The van der Waals surface area contributed by atoms with Gasteiger partial charge in [0, 0.05) is 0 Å². The van der Waals surface area contributed by atoms with Crippen LogP contribution in [0.3, 0.4) is 0 Å². The Morgan fingerprint density at radius 1 is 0.741 bits per heavy atom. The van der Waals surface area contributed by atoms with Gasteiger partial charge in [-0.25, -0.2) is 4.99 Å². The molecule has 5 rings (SSSR count). The topological polar surface area (TPSA) is 34.1 Å². The predicted molar refractivity (Wildman–Crippen MR) is 106 cm³/mol. The molecule has 3 aromatic rings. The highest BCUT2D eigenvalue weighted by Gasteiger charge is 2.63. The molecule has 0 bridgehead atoms. The van der Waals surface area contributed by atoms with Gasteiger partial charge in [-0.3, -0.25) is 0 Å². The predicted octanol–water partition coefficient (Wildman–Crippen LogP) is 4.89. The molecular weight excluding hydrogens is 334 g/mol. The highest BCUT2D eigenvalue weighted by Crippen LogP contribution is 2.53. The third-order valence-corrected chi connectivity index (χ3v) is 5.39. The van der Waals surface area contributed by atoms with Gasteiger partial charge < -0.3 is 9.47 Å². The maximum absolute atomic E-state index is 6.34. The average molecular weight is 355 g/mol. The number of ether oxygens (including phenoxy) is 2. The molecule has 1 unspecified atom stereocenters. The monoisotopic (exact) mass is 355 g/mol. The molecule has 1 saturated heterocycles. The molecule has 0 aliphatic carbocycles. The van der Waals surface area contributed by atoms with Crippen LogP contribution in [0.1, 0.15) is 29.7 Å². The first kappa shape index (κ1) is 16.3. The highest BCUT2D eigenvalue weighted by molar-refractivity contribution is 5.88.